The number of benzene rings is 3. The molecule has 0 fully saturated rings. The molecule has 5 heteroatoms. The zero-order valence-electron chi connectivity index (χ0n) is 21.2. The number of anilines is 2. The Morgan fingerprint density at radius 3 is 2.36 bits per heavy atom. The van der Waals surface area contributed by atoms with E-state index in [0.717, 1.165) is 51.7 Å². The van der Waals surface area contributed by atoms with Crippen molar-refractivity contribution < 1.29 is 14.3 Å². The Hall–Kier alpha value is -3.73. The van der Waals surface area contributed by atoms with Crippen molar-refractivity contribution in [3.05, 3.63) is 95.2 Å². The second-order valence-electron chi connectivity index (χ2n) is 9.91. The molecule has 1 aliphatic carbocycles. The van der Waals surface area contributed by atoms with Crippen LogP contribution < -0.4 is 20.1 Å². The minimum Gasteiger partial charge on any atom is -0.494 e. The summed E-state index contributed by atoms with van der Waals surface area (Å²) in [5.74, 6) is 2.41. The van der Waals surface area contributed by atoms with Gasteiger partial charge in [-0.15, -0.1) is 0 Å². The number of ketones is 1. The smallest absolute Gasteiger partial charge is 0.163 e. The maximum atomic E-state index is 13.8. The largest absolute Gasteiger partial charge is 0.494 e. The van der Waals surface area contributed by atoms with Gasteiger partial charge < -0.3 is 20.1 Å². The molecule has 2 unspecified atom stereocenters. The van der Waals surface area contributed by atoms with Crippen molar-refractivity contribution in [1.29, 1.82) is 0 Å². The number of carbonyl (C=O) groups excluding carboxylic acids is 1. The Balaban J connectivity index is 1.50. The maximum Gasteiger partial charge on any atom is 0.163 e. The molecule has 3 aromatic rings. The molecule has 0 radical (unpaired) electrons. The van der Waals surface area contributed by atoms with Crippen LogP contribution in [0.15, 0.2) is 84.1 Å². The van der Waals surface area contributed by atoms with E-state index in [1.807, 2.05) is 49.4 Å². The fourth-order valence-electron chi connectivity index (χ4n) is 5.07. The standard InChI is InChI=1S/C31H34N2O3/c1-4-35-29-12-8-5-9-24(29)31-30-27(32-25-10-6-7-11-26(25)33-31)17-22(18-28(30)34)21-13-15-23(16-14-21)36-19-20(2)3/h5-16,20,22,31-33H,4,17-19H2,1-3H3. The Morgan fingerprint density at radius 1 is 0.889 bits per heavy atom. The molecule has 0 bridgehead atoms. The lowest BCUT2D eigenvalue weighted by atomic mass is 9.78. The average Bonchev–Trinajstić information content (AvgIpc) is 3.05. The Morgan fingerprint density at radius 2 is 1.61 bits per heavy atom. The number of para-hydroxylation sites is 3. The summed E-state index contributed by atoms with van der Waals surface area (Å²) >= 11 is 0. The summed E-state index contributed by atoms with van der Waals surface area (Å²) in [5, 5.41) is 7.27. The van der Waals surface area contributed by atoms with Crippen LogP contribution in [-0.2, 0) is 4.79 Å². The number of hydrogen-bond acceptors (Lipinski definition) is 5. The van der Waals surface area contributed by atoms with E-state index < -0.39 is 0 Å². The molecule has 2 aliphatic rings. The summed E-state index contributed by atoms with van der Waals surface area (Å²) in [6.07, 6.45) is 1.23. The van der Waals surface area contributed by atoms with E-state index in [1.165, 1.54) is 0 Å². The van der Waals surface area contributed by atoms with Crippen molar-refractivity contribution >= 4 is 17.2 Å². The molecular formula is C31H34N2O3. The van der Waals surface area contributed by atoms with Crippen molar-refractivity contribution in [3.8, 4) is 11.5 Å². The molecule has 0 saturated heterocycles. The third-order valence-corrected chi connectivity index (χ3v) is 6.77. The predicted octanol–water partition coefficient (Wildman–Crippen LogP) is 7.10. The summed E-state index contributed by atoms with van der Waals surface area (Å²) in [4.78, 5) is 13.8. The van der Waals surface area contributed by atoms with Gasteiger partial charge in [-0.2, -0.15) is 0 Å². The fraction of sp³-hybridized carbons (Fsp3) is 0.323. The van der Waals surface area contributed by atoms with Gasteiger partial charge in [-0.3, -0.25) is 4.79 Å². The van der Waals surface area contributed by atoms with Gasteiger partial charge in [0.2, 0.25) is 0 Å². The lowest BCUT2D eigenvalue weighted by molar-refractivity contribution is -0.116. The van der Waals surface area contributed by atoms with Crippen LogP contribution in [0.5, 0.6) is 11.5 Å². The first kappa shape index (κ1) is 24.0. The first-order chi connectivity index (χ1) is 17.5. The van der Waals surface area contributed by atoms with Crippen LogP contribution in [-0.4, -0.2) is 19.0 Å². The van der Waals surface area contributed by atoms with E-state index in [0.29, 0.717) is 25.6 Å². The molecule has 1 heterocycles. The fourth-order valence-corrected chi connectivity index (χ4v) is 5.07. The molecule has 2 atom stereocenters. The minimum absolute atomic E-state index is 0.107. The Kier molecular flexibility index (Phi) is 6.99. The highest BCUT2D eigenvalue weighted by Crippen LogP contribution is 2.45. The van der Waals surface area contributed by atoms with Gasteiger partial charge >= 0.3 is 0 Å². The molecule has 0 amide bonds. The molecule has 5 nitrogen and oxygen atoms in total. The number of Topliss-reactive ketones (excluding diaryl/α,β-unsaturated/α-hetero) is 1. The minimum atomic E-state index is -0.292. The maximum absolute atomic E-state index is 13.8. The monoisotopic (exact) mass is 482 g/mol. The number of ether oxygens (including phenoxy) is 2. The highest BCUT2D eigenvalue weighted by molar-refractivity contribution is 6.01. The van der Waals surface area contributed by atoms with Crippen LogP contribution >= 0.6 is 0 Å². The lowest BCUT2D eigenvalue weighted by Gasteiger charge is -2.30. The quantitative estimate of drug-likeness (QED) is 0.376. The summed E-state index contributed by atoms with van der Waals surface area (Å²) in [6.45, 7) is 7.52. The molecule has 1 aliphatic heterocycles. The molecule has 0 saturated carbocycles. The SMILES string of the molecule is CCOc1ccccc1C1Nc2ccccc2NC2=C1C(=O)CC(c1ccc(OCC(C)C)cc1)C2. The molecule has 186 valence electrons. The van der Waals surface area contributed by atoms with Crippen molar-refractivity contribution in [2.24, 2.45) is 5.92 Å². The van der Waals surface area contributed by atoms with E-state index in [1.54, 1.807) is 0 Å². The van der Waals surface area contributed by atoms with Gasteiger partial charge in [-0.1, -0.05) is 56.3 Å². The van der Waals surface area contributed by atoms with Crippen LogP contribution in [0.25, 0.3) is 0 Å². The topological polar surface area (TPSA) is 59.6 Å². The Bertz CT molecular complexity index is 1260. The number of nitrogens with one attached hydrogen (secondary N) is 2. The molecule has 0 spiro atoms. The molecule has 36 heavy (non-hydrogen) atoms. The third-order valence-electron chi connectivity index (χ3n) is 6.77. The van der Waals surface area contributed by atoms with E-state index in [2.05, 4.69) is 54.8 Å². The van der Waals surface area contributed by atoms with Gasteiger partial charge in [-0.05, 0) is 61.1 Å². The van der Waals surface area contributed by atoms with E-state index in [-0.39, 0.29) is 17.7 Å². The molecule has 5 rings (SSSR count). The second kappa shape index (κ2) is 10.5. The number of allylic oxidation sites excluding steroid dienone is 1. The number of rotatable bonds is 7. The summed E-state index contributed by atoms with van der Waals surface area (Å²) in [7, 11) is 0. The molecule has 2 N–H and O–H groups in total. The number of hydrogen-bond donors (Lipinski definition) is 2. The van der Waals surface area contributed by atoms with Crippen molar-refractivity contribution in [3.63, 3.8) is 0 Å². The normalized spacial score (nSPS) is 19.1. The number of fused-ring (bicyclic) bond motifs is 1. The van der Waals surface area contributed by atoms with Crippen LogP contribution in [0.1, 0.15) is 56.7 Å². The van der Waals surface area contributed by atoms with Gasteiger partial charge in [0.25, 0.3) is 0 Å². The van der Waals surface area contributed by atoms with Crippen LogP contribution in [0, 0.1) is 5.92 Å². The van der Waals surface area contributed by atoms with Gasteiger partial charge in [-0.25, -0.2) is 0 Å². The highest BCUT2D eigenvalue weighted by atomic mass is 16.5. The van der Waals surface area contributed by atoms with Crippen LogP contribution in [0.4, 0.5) is 11.4 Å². The molecular weight excluding hydrogens is 448 g/mol. The average molecular weight is 483 g/mol. The summed E-state index contributed by atoms with van der Waals surface area (Å²) in [5.41, 5.74) is 5.86. The molecule has 0 aromatic heterocycles. The molecule has 3 aromatic carbocycles. The van der Waals surface area contributed by atoms with E-state index >= 15 is 0 Å². The van der Waals surface area contributed by atoms with Crippen molar-refractivity contribution in [2.75, 3.05) is 23.8 Å². The first-order valence-electron chi connectivity index (χ1n) is 12.9. The first-order valence-corrected chi connectivity index (χ1v) is 12.9. The Labute approximate surface area is 213 Å². The van der Waals surface area contributed by atoms with Gasteiger partial charge in [0, 0.05) is 23.3 Å². The van der Waals surface area contributed by atoms with Gasteiger partial charge in [0.15, 0.2) is 5.78 Å². The van der Waals surface area contributed by atoms with Crippen LogP contribution in [0.2, 0.25) is 0 Å². The second-order valence-corrected chi connectivity index (χ2v) is 9.91. The van der Waals surface area contributed by atoms with E-state index in [4.69, 9.17) is 9.47 Å². The summed E-state index contributed by atoms with van der Waals surface area (Å²) in [6, 6.07) is 24.1. The van der Waals surface area contributed by atoms with Crippen molar-refractivity contribution in [2.45, 2.75) is 45.6 Å². The van der Waals surface area contributed by atoms with Gasteiger partial charge in [0.05, 0.1) is 30.6 Å². The zero-order valence-corrected chi connectivity index (χ0v) is 21.2. The predicted molar refractivity (Wildman–Crippen MR) is 145 cm³/mol. The van der Waals surface area contributed by atoms with Crippen LogP contribution in [0.3, 0.4) is 0 Å². The third kappa shape index (κ3) is 4.97. The zero-order chi connectivity index (χ0) is 25.1. The lowest BCUT2D eigenvalue weighted by Crippen LogP contribution is -2.27. The summed E-state index contributed by atoms with van der Waals surface area (Å²) < 4.78 is 11.8. The van der Waals surface area contributed by atoms with Gasteiger partial charge in [0.1, 0.15) is 11.5 Å². The number of carbonyl (C=O) groups is 1. The van der Waals surface area contributed by atoms with E-state index in [9.17, 15) is 4.79 Å². The highest BCUT2D eigenvalue weighted by Gasteiger charge is 2.37. The van der Waals surface area contributed by atoms with Crippen molar-refractivity contribution in [1.82, 2.24) is 0 Å².